The molecule has 0 saturated heterocycles. The summed E-state index contributed by atoms with van der Waals surface area (Å²) in [6.07, 6.45) is -1.93. The summed E-state index contributed by atoms with van der Waals surface area (Å²) in [6, 6.07) is 22.1. The van der Waals surface area contributed by atoms with Crippen molar-refractivity contribution in [2.75, 3.05) is 5.32 Å². The Bertz CT molecular complexity index is 1410. The molecule has 172 valence electrons. The van der Waals surface area contributed by atoms with Crippen molar-refractivity contribution in [2.45, 2.75) is 25.7 Å². The second-order valence-electron chi connectivity index (χ2n) is 8.45. The molecule has 0 spiro atoms. The molecule has 0 fully saturated rings. The number of aliphatic hydroxyl groups excluding tert-OH is 2. The number of rotatable bonds is 5. The number of aromatic amines is 1. The van der Waals surface area contributed by atoms with Crippen LogP contribution in [0.4, 0.5) is 5.69 Å². The average Bonchev–Trinajstić information content (AvgIpc) is 3.22. The minimum atomic E-state index is -0.982. The van der Waals surface area contributed by atoms with Crippen LogP contribution in [0.15, 0.2) is 83.5 Å². The van der Waals surface area contributed by atoms with Crippen molar-refractivity contribution >= 4 is 34.1 Å². The lowest BCUT2D eigenvalue weighted by Crippen LogP contribution is -2.26. The van der Waals surface area contributed by atoms with Gasteiger partial charge >= 0.3 is 0 Å². The van der Waals surface area contributed by atoms with Gasteiger partial charge in [-0.2, -0.15) is 0 Å². The third-order valence-corrected chi connectivity index (χ3v) is 6.48. The maximum atomic E-state index is 12.7. The molecule has 7 heteroatoms. The van der Waals surface area contributed by atoms with E-state index in [0.717, 1.165) is 27.8 Å². The number of aliphatic hydroxyl groups is 2. The normalized spacial score (nSPS) is 17.5. The lowest BCUT2D eigenvalue weighted by atomic mass is 9.90. The molecule has 6 nitrogen and oxygen atoms in total. The average molecular weight is 474 g/mol. The van der Waals surface area contributed by atoms with Crippen molar-refractivity contribution in [3.05, 3.63) is 111 Å². The molecule has 5 rings (SSSR count). The Morgan fingerprint density at radius 2 is 1.68 bits per heavy atom. The van der Waals surface area contributed by atoms with Crippen LogP contribution < -0.4 is 10.6 Å². The summed E-state index contributed by atoms with van der Waals surface area (Å²) >= 11 is 6.36. The summed E-state index contributed by atoms with van der Waals surface area (Å²) in [4.78, 5) is 16.0. The first-order chi connectivity index (χ1) is 16.4. The third-order valence-electron chi connectivity index (χ3n) is 6.07. The minimum Gasteiger partial charge on any atom is -0.383 e. The van der Waals surface area contributed by atoms with Crippen LogP contribution in [0, 0.1) is 6.92 Å². The Balaban J connectivity index is 1.25. The largest absolute Gasteiger partial charge is 0.383 e. The van der Waals surface area contributed by atoms with E-state index in [1.807, 2.05) is 49.4 Å². The molecule has 2 atom stereocenters. The zero-order chi connectivity index (χ0) is 23.8. The predicted molar refractivity (Wildman–Crippen MR) is 134 cm³/mol. The van der Waals surface area contributed by atoms with Crippen LogP contribution in [0.1, 0.15) is 45.0 Å². The van der Waals surface area contributed by atoms with Crippen molar-refractivity contribution in [1.29, 1.82) is 0 Å². The number of hydrogen-bond donors (Lipinski definition) is 5. The van der Waals surface area contributed by atoms with Gasteiger partial charge < -0.3 is 25.8 Å². The van der Waals surface area contributed by atoms with Crippen molar-refractivity contribution in [2.24, 2.45) is 0 Å². The van der Waals surface area contributed by atoms with Crippen LogP contribution in [-0.4, -0.2) is 21.1 Å². The zero-order valence-corrected chi connectivity index (χ0v) is 19.2. The first-order valence-corrected chi connectivity index (χ1v) is 11.4. The maximum Gasteiger partial charge on any atom is 0.255 e. The van der Waals surface area contributed by atoms with Gasteiger partial charge in [-0.1, -0.05) is 48.0 Å². The fourth-order valence-corrected chi connectivity index (χ4v) is 4.58. The van der Waals surface area contributed by atoms with Gasteiger partial charge in [-0.05, 0) is 60.0 Å². The fourth-order valence-electron chi connectivity index (χ4n) is 4.29. The highest BCUT2D eigenvalue weighted by Crippen LogP contribution is 2.41. The van der Waals surface area contributed by atoms with E-state index in [1.54, 1.807) is 30.3 Å². The summed E-state index contributed by atoms with van der Waals surface area (Å²) in [5.74, 6) is -0.195. The number of aryl methyl sites for hydroxylation is 1. The van der Waals surface area contributed by atoms with E-state index in [2.05, 4.69) is 15.6 Å². The first-order valence-electron chi connectivity index (χ1n) is 11.0. The lowest BCUT2D eigenvalue weighted by Gasteiger charge is -2.29. The van der Waals surface area contributed by atoms with Crippen LogP contribution in [-0.2, 0) is 6.54 Å². The van der Waals surface area contributed by atoms with Crippen LogP contribution in [0.25, 0.3) is 10.9 Å². The van der Waals surface area contributed by atoms with Gasteiger partial charge in [0.25, 0.3) is 5.91 Å². The molecule has 5 N–H and O–H groups in total. The zero-order valence-electron chi connectivity index (χ0n) is 18.5. The standard InChI is InChI=1S/C27H24ClN3O3/c1-15-12-18-13-19(10-11-22(18)30-15)31-27(34)17-8-6-16(7-9-17)14-29-24-23(28)25(32)20-4-2-3-5-21(20)26(24)33/h2-13,25-26,29-30,32-33H,14H2,1H3,(H,31,34). The summed E-state index contributed by atoms with van der Waals surface area (Å²) < 4.78 is 0. The smallest absolute Gasteiger partial charge is 0.255 e. The van der Waals surface area contributed by atoms with Gasteiger partial charge in [0.15, 0.2) is 0 Å². The van der Waals surface area contributed by atoms with Crippen molar-refractivity contribution in [1.82, 2.24) is 10.3 Å². The molecule has 1 heterocycles. The molecule has 4 aromatic rings. The molecule has 0 saturated carbocycles. The predicted octanol–water partition coefficient (Wildman–Crippen LogP) is 5.05. The second kappa shape index (κ2) is 8.99. The minimum absolute atomic E-state index is 0.178. The molecule has 0 bridgehead atoms. The Hall–Kier alpha value is -3.58. The third kappa shape index (κ3) is 4.19. The first kappa shape index (κ1) is 22.2. The summed E-state index contributed by atoms with van der Waals surface area (Å²) in [5, 5.41) is 28.6. The highest BCUT2D eigenvalue weighted by Gasteiger charge is 2.31. The number of carbonyl (C=O) groups is 1. The number of carbonyl (C=O) groups excluding carboxylic acids is 1. The molecular weight excluding hydrogens is 450 g/mol. The number of H-pyrrole nitrogens is 1. The number of amides is 1. The number of nitrogens with one attached hydrogen (secondary N) is 3. The summed E-state index contributed by atoms with van der Waals surface area (Å²) in [5.41, 5.74) is 5.88. The van der Waals surface area contributed by atoms with E-state index in [4.69, 9.17) is 11.6 Å². The molecule has 1 aliphatic rings. The van der Waals surface area contributed by atoms with E-state index in [9.17, 15) is 15.0 Å². The highest BCUT2D eigenvalue weighted by molar-refractivity contribution is 6.30. The van der Waals surface area contributed by atoms with E-state index < -0.39 is 12.2 Å². The lowest BCUT2D eigenvalue weighted by molar-refractivity contribution is 0.102. The van der Waals surface area contributed by atoms with E-state index in [-0.39, 0.29) is 10.9 Å². The Morgan fingerprint density at radius 1 is 0.971 bits per heavy atom. The Kier molecular flexibility index (Phi) is 5.87. The van der Waals surface area contributed by atoms with Crippen LogP contribution in [0.5, 0.6) is 0 Å². The second-order valence-corrected chi connectivity index (χ2v) is 8.86. The highest BCUT2D eigenvalue weighted by atomic mass is 35.5. The quantitative estimate of drug-likeness (QED) is 0.280. The van der Waals surface area contributed by atoms with Crippen LogP contribution in [0.3, 0.4) is 0 Å². The van der Waals surface area contributed by atoms with Gasteiger partial charge in [-0.25, -0.2) is 0 Å². The molecule has 1 aliphatic carbocycles. The van der Waals surface area contributed by atoms with E-state index in [1.165, 1.54) is 0 Å². The number of fused-ring (bicyclic) bond motifs is 2. The molecule has 3 aromatic carbocycles. The summed E-state index contributed by atoms with van der Waals surface area (Å²) in [7, 11) is 0. The monoisotopic (exact) mass is 473 g/mol. The number of anilines is 1. The van der Waals surface area contributed by atoms with Crippen LogP contribution in [0.2, 0.25) is 0 Å². The van der Waals surface area contributed by atoms with Gasteiger partial charge in [-0.15, -0.1) is 0 Å². The van der Waals surface area contributed by atoms with Crippen molar-refractivity contribution < 1.29 is 15.0 Å². The van der Waals surface area contributed by atoms with E-state index >= 15 is 0 Å². The van der Waals surface area contributed by atoms with Crippen molar-refractivity contribution in [3.8, 4) is 0 Å². The molecule has 1 aromatic heterocycles. The fraction of sp³-hybridized carbons (Fsp3) is 0.148. The SMILES string of the molecule is Cc1cc2cc(NC(=O)c3ccc(CNC4=C(Cl)C(O)c5ccccc5C4O)cc3)ccc2[nH]1. The topological polar surface area (TPSA) is 97.4 Å². The van der Waals surface area contributed by atoms with Gasteiger partial charge in [0, 0.05) is 34.4 Å². The van der Waals surface area contributed by atoms with Gasteiger partial charge in [0.2, 0.25) is 0 Å². The van der Waals surface area contributed by atoms with E-state index in [0.29, 0.717) is 28.9 Å². The molecule has 1 amide bonds. The van der Waals surface area contributed by atoms with Gasteiger partial charge in [0.05, 0.1) is 10.7 Å². The molecule has 0 radical (unpaired) electrons. The van der Waals surface area contributed by atoms with Crippen molar-refractivity contribution in [3.63, 3.8) is 0 Å². The van der Waals surface area contributed by atoms with Crippen LogP contribution >= 0.6 is 11.6 Å². The molecular formula is C27H24ClN3O3. The molecule has 0 aliphatic heterocycles. The Morgan fingerprint density at radius 3 is 2.41 bits per heavy atom. The Labute approximate surface area is 201 Å². The number of benzene rings is 3. The van der Waals surface area contributed by atoms with Gasteiger partial charge in [0.1, 0.15) is 12.2 Å². The van der Waals surface area contributed by atoms with Gasteiger partial charge in [-0.3, -0.25) is 4.79 Å². The number of halogens is 1. The summed E-state index contributed by atoms with van der Waals surface area (Å²) in [6.45, 7) is 2.37. The maximum absolute atomic E-state index is 12.7. The molecule has 34 heavy (non-hydrogen) atoms. The number of aromatic nitrogens is 1. The molecule has 2 unspecified atom stereocenters. The number of hydrogen-bond acceptors (Lipinski definition) is 4.